The van der Waals surface area contributed by atoms with Gasteiger partial charge < -0.3 is 10.2 Å². The molecule has 1 N–H and O–H groups in total. The predicted octanol–water partition coefficient (Wildman–Crippen LogP) is 4.11. The van der Waals surface area contributed by atoms with E-state index in [4.69, 9.17) is 0 Å². The summed E-state index contributed by atoms with van der Waals surface area (Å²) in [5.41, 5.74) is 2.02. The highest BCUT2D eigenvalue weighted by Crippen LogP contribution is 2.45. The number of hydrogen-bond acceptors (Lipinski definition) is 3. The average molecular weight is 425 g/mol. The van der Waals surface area contributed by atoms with Crippen molar-refractivity contribution in [2.75, 3.05) is 10.2 Å². The van der Waals surface area contributed by atoms with E-state index in [1.54, 1.807) is 29.2 Å². The second-order valence-electron chi connectivity index (χ2n) is 8.26. The Kier molecular flexibility index (Phi) is 4.78. The summed E-state index contributed by atoms with van der Waals surface area (Å²) in [5, 5.41) is 2.98. The van der Waals surface area contributed by atoms with Crippen molar-refractivity contribution >= 4 is 29.1 Å². The van der Waals surface area contributed by atoms with Gasteiger partial charge in [-0.25, -0.2) is 0 Å². The van der Waals surface area contributed by atoms with E-state index in [1.807, 2.05) is 61.5 Å². The number of aryl methyl sites for hydroxylation is 1. The molecule has 0 aromatic heterocycles. The van der Waals surface area contributed by atoms with Gasteiger partial charge in [0.1, 0.15) is 0 Å². The third kappa shape index (κ3) is 3.07. The van der Waals surface area contributed by atoms with Crippen molar-refractivity contribution in [2.45, 2.75) is 32.0 Å². The lowest BCUT2D eigenvalue weighted by molar-refractivity contribution is -0.129. The van der Waals surface area contributed by atoms with Gasteiger partial charge in [0.15, 0.2) is 0 Å². The van der Waals surface area contributed by atoms with Gasteiger partial charge >= 0.3 is 0 Å². The van der Waals surface area contributed by atoms with E-state index >= 15 is 0 Å². The zero-order valence-electron chi connectivity index (χ0n) is 17.7. The zero-order chi connectivity index (χ0) is 22.3. The van der Waals surface area contributed by atoms with Gasteiger partial charge in [0.25, 0.3) is 11.8 Å². The Balaban J connectivity index is 1.65. The molecule has 1 saturated heterocycles. The van der Waals surface area contributed by atoms with Crippen LogP contribution in [0.2, 0.25) is 0 Å². The normalized spacial score (nSPS) is 19.5. The SMILES string of the molecule is Cc1cccc(NC(=O)C23CCC(=O)N2c2ccccc2C(=O)N3Cc2ccccc2)c1. The van der Waals surface area contributed by atoms with Crippen molar-refractivity contribution < 1.29 is 14.4 Å². The second-order valence-corrected chi connectivity index (χ2v) is 8.26. The quantitative estimate of drug-likeness (QED) is 0.684. The highest BCUT2D eigenvalue weighted by molar-refractivity contribution is 6.18. The van der Waals surface area contributed by atoms with Crippen LogP contribution in [0.3, 0.4) is 0 Å². The minimum atomic E-state index is -1.43. The van der Waals surface area contributed by atoms with Gasteiger partial charge in [-0.05, 0) is 42.3 Å². The molecule has 2 aliphatic heterocycles. The molecule has 0 saturated carbocycles. The number of amides is 3. The van der Waals surface area contributed by atoms with E-state index in [-0.39, 0.29) is 37.1 Å². The Hall–Kier alpha value is -3.93. The minimum Gasteiger partial charge on any atom is -0.322 e. The van der Waals surface area contributed by atoms with E-state index in [2.05, 4.69) is 5.32 Å². The molecule has 3 aromatic carbocycles. The summed E-state index contributed by atoms with van der Waals surface area (Å²) in [6, 6.07) is 24.0. The van der Waals surface area contributed by atoms with Crippen LogP contribution < -0.4 is 10.2 Å². The Labute approximate surface area is 186 Å². The molecule has 0 bridgehead atoms. The lowest BCUT2D eigenvalue weighted by Gasteiger charge is -2.49. The Morgan fingerprint density at radius 3 is 2.50 bits per heavy atom. The third-order valence-electron chi connectivity index (χ3n) is 6.20. The van der Waals surface area contributed by atoms with Crippen LogP contribution in [0.4, 0.5) is 11.4 Å². The van der Waals surface area contributed by atoms with Crippen LogP contribution in [0.15, 0.2) is 78.9 Å². The maximum Gasteiger partial charge on any atom is 0.271 e. The first-order chi connectivity index (χ1) is 15.5. The van der Waals surface area contributed by atoms with Crippen LogP contribution in [-0.4, -0.2) is 28.3 Å². The fourth-order valence-electron chi connectivity index (χ4n) is 4.72. The van der Waals surface area contributed by atoms with Crippen LogP contribution in [0, 0.1) is 6.92 Å². The molecule has 0 spiro atoms. The molecule has 6 heteroatoms. The molecule has 2 aliphatic rings. The number of benzene rings is 3. The molecule has 5 rings (SSSR count). The lowest BCUT2D eigenvalue weighted by Crippen LogP contribution is -2.69. The third-order valence-corrected chi connectivity index (χ3v) is 6.20. The number of para-hydroxylation sites is 1. The van der Waals surface area contributed by atoms with Gasteiger partial charge in [0.2, 0.25) is 11.6 Å². The molecule has 6 nitrogen and oxygen atoms in total. The standard InChI is InChI=1S/C26H23N3O3/c1-18-8-7-11-20(16-18)27-25(32)26-15-14-23(30)29(26)22-13-6-5-12-21(22)24(31)28(26)17-19-9-3-2-4-10-19/h2-13,16H,14-15,17H2,1H3,(H,27,32). The number of nitrogens with one attached hydrogen (secondary N) is 1. The predicted molar refractivity (Wildman–Crippen MR) is 122 cm³/mol. The first-order valence-corrected chi connectivity index (χ1v) is 10.7. The molecule has 1 unspecified atom stereocenters. The molecule has 0 aliphatic carbocycles. The number of nitrogens with zero attached hydrogens (tertiary/aromatic N) is 2. The summed E-state index contributed by atoms with van der Waals surface area (Å²) in [5.74, 6) is -0.801. The summed E-state index contributed by atoms with van der Waals surface area (Å²) in [6.45, 7) is 2.17. The number of rotatable bonds is 4. The van der Waals surface area contributed by atoms with E-state index in [1.165, 1.54) is 4.90 Å². The summed E-state index contributed by atoms with van der Waals surface area (Å²) < 4.78 is 0. The fourth-order valence-corrected chi connectivity index (χ4v) is 4.72. The monoisotopic (exact) mass is 425 g/mol. The summed E-state index contributed by atoms with van der Waals surface area (Å²) >= 11 is 0. The number of carbonyl (C=O) groups is 3. The Bertz CT molecular complexity index is 1220. The number of hydrogen-bond donors (Lipinski definition) is 1. The molecule has 32 heavy (non-hydrogen) atoms. The van der Waals surface area contributed by atoms with E-state index in [0.717, 1.165) is 11.1 Å². The highest BCUT2D eigenvalue weighted by atomic mass is 16.2. The lowest BCUT2D eigenvalue weighted by atomic mass is 9.94. The Morgan fingerprint density at radius 1 is 0.969 bits per heavy atom. The van der Waals surface area contributed by atoms with Crippen molar-refractivity contribution in [3.63, 3.8) is 0 Å². The van der Waals surface area contributed by atoms with Gasteiger partial charge in [-0.3, -0.25) is 19.3 Å². The average Bonchev–Trinajstić information content (AvgIpc) is 3.16. The maximum absolute atomic E-state index is 13.9. The number of anilines is 2. The first-order valence-electron chi connectivity index (χ1n) is 10.7. The molecular formula is C26H23N3O3. The highest BCUT2D eigenvalue weighted by Gasteiger charge is 2.60. The molecule has 3 aromatic rings. The smallest absolute Gasteiger partial charge is 0.271 e. The molecule has 1 fully saturated rings. The van der Waals surface area contributed by atoms with Crippen LogP contribution in [0.25, 0.3) is 0 Å². The van der Waals surface area contributed by atoms with E-state index < -0.39 is 5.66 Å². The molecule has 3 amide bonds. The second kappa shape index (κ2) is 7.64. The summed E-state index contributed by atoms with van der Waals surface area (Å²) in [7, 11) is 0. The van der Waals surface area contributed by atoms with Crippen LogP contribution in [0.1, 0.15) is 34.3 Å². The van der Waals surface area contributed by atoms with Gasteiger partial charge in [-0.1, -0.05) is 54.6 Å². The molecular weight excluding hydrogens is 402 g/mol. The van der Waals surface area contributed by atoms with Crippen molar-refractivity contribution in [3.05, 3.63) is 95.6 Å². The fraction of sp³-hybridized carbons (Fsp3) is 0.192. The van der Waals surface area contributed by atoms with Gasteiger partial charge in [-0.15, -0.1) is 0 Å². The molecule has 160 valence electrons. The van der Waals surface area contributed by atoms with Crippen molar-refractivity contribution in [1.29, 1.82) is 0 Å². The summed E-state index contributed by atoms with van der Waals surface area (Å²) in [6.07, 6.45) is 0.421. The molecule has 2 heterocycles. The molecule has 0 radical (unpaired) electrons. The van der Waals surface area contributed by atoms with Crippen LogP contribution in [0.5, 0.6) is 0 Å². The van der Waals surface area contributed by atoms with Crippen molar-refractivity contribution in [1.82, 2.24) is 4.90 Å². The van der Waals surface area contributed by atoms with Gasteiger partial charge in [0.05, 0.1) is 11.3 Å². The largest absolute Gasteiger partial charge is 0.322 e. The maximum atomic E-state index is 13.9. The minimum absolute atomic E-state index is 0.164. The van der Waals surface area contributed by atoms with Crippen molar-refractivity contribution in [3.8, 4) is 0 Å². The van der Waals surface area contributed by atoms with Crippen molar-refractivity contribution in [2.24, 2.45) is 0 Å². The van der Waals surface area contributed by atoms with Crippen LogP contribution >= 0.6 is 0 Å². The van der Waals surface area contributed by atoms with Crippen LogP contribution in [-0.2, 0) is 16.1 Å². The number of fused-ring (bicyclic) bond motifs is 3. The van der Waals surface area contributed by atoms with Gasteiger partial charge in [-0.2, -0.15) is 0 Å². The summed E-state index contributed by atoms with van der Waals surface area (Å²) in [4.78, 5) is 43.8. The van der Waals surface area contributed by atoms with E-state index in [9.17, 15) is 14.4 Å². The topological polar surface area (TPSA) is 69.7 Å². The number of carbonyl (C=O) groups excluding carboxylic acids is 3. The van der Waals surface area contributed by atoms with Gasteiger partial charge in [0, 0.05) is 25.1 Å². The zero-order valence-corrected chi connectivity index (χ0v) is 17.7. The first kappa shape index (κ1) is 20.0. The van der Waals surface area contributed by atoms with E-state index in [0.29, 0.717) is 16.9 Å². The molecule has 1 atom stereocenters. The Morgan fingerprint density at radius 2 is 1.72 bits per heavy atom.